The molecule has 56 heavy (non-hydrogen) atoms. The molecule has 4 heteroatoms. The Labute approximate surface area is 324 Å². The quantitative estimate of drug-likeness (QED) is 0.166. The van der Waals surface area contributed by atoms with E-state index in [-0.39, 0.29) is 0 Å². The van der Waals surface area contributed by atoms with Crippen LogP contribution < -0.4 is 0 Å². The number of hydrogen-bond acceptors (Lipinski definition) is 4. The summed E-state index contributed by atoms with van der Waals surface area (Å²) in [7, 11) is 0. The molecule has 2 aromatic heterocycles. The van der Waals surface area contributed by atoms with Crippen LogP contribution in [-0.4, -0.2) is 15.0 Å². The molecular formula is C52H35N3O. The molecule has 0 spiro atoms. The van der Waals surface area contributed by atoms with Gasteiger partial charge in [-0.1, -0.05) is 159 Å². The van der Waals surface area contributed by atoms with Crippen molar-refractivity contribution in [3.8, 4) is 45.0 Å². The maximum atomic E-state index is 6.63. The van der Waals surface area contributed by atoms with E-state index in [9.17, 15) is 0 Å². The van der Waals surface area contributed by atoms with Crippen LogP contribution >= 0.6 is 0 Å². The largest absolute Gasteiger partial charge is 0.456 e. The Morgan fingerprint density at radius 1 is 0.446 bits per heavy atom. The van der Waals surface area contributed by atoms with Crippen molar-refractivity contribution in [2.75, 3.05) is 0 Å². The lowest BCUT2D eigenvalue weighted by molar-refractivity contribution is 0.669. The monoisotopic (exact) mass is 717 g/mol. The van der Waals surface area contributed by atoms with E-state index in [0.29, 0.717) is 23.4 Å². The van der Waals surface area contributed by atoms with Crippen molar-refractivity contribution in [1.82, 2.24) is 15.0 Å². The third-order valence-corrected chi connectivity index (χ3v) is 11.3. The Balaban J connectivity index is 1.04. The maximum absolute atomic E-state index is 6.63. The summed E-state index contributed by atoms with van der Waals surface area (Å²) < 4.78 is 6.63. The number of aromatic nitrogens is 3. The minimum absolute atomic E-state index is 0.481. The Kier molecular flexibility index (Phi) is 7.49. The molecule has 0 N–H and O–H groups in total. The van der Waals surface area contributed by atoms with E-state index in [1.807, 2.05) is 18.2 Å². The van der Waals surface area contributed by atoms with Crippen molar-refractivity contribution in [1.29, 1.82) is 0 Å². The molecule has 0 radical (unpaired) electrons. The third-order valence-electron chi connectivity index (χ3n) is 11.3. The van der Waals surface area contributed by atoms with Crippen molar-refractivity contribution in [2.45, 2.75) is 13.3 Å². The molecule has 1 unspecified atom stereocenters. The first-order chi connectivity index (χ1) is 27.6. The van der Waals surface area contributed by atoms with Crippen LogP contribution in [0.25, 0.3) is 105 Å². The summed E-state index contributed by atoms with van der Waals surface area (Å²) >= 11 is 0. The van der Waals surface area contributed by atoms with Crippen LogP contribution in [0.1, 0.15) is 19.2 Å². The zero-order valence-corrected chi connectivity index (χ0v) is 30.8. The minimum Gasteiger partial charge on any atom is -0.456 e. The van der Waals surface area contributed by atoms with Crippen LogP contribution in [0.4, 0.5) is 0 Å². The zero-order valence-electron chi connectivity index (χ0n) is 30.8. The fourth-order valence-corrected chi connectivity index (χ4v) is 8.37. The van der Waals surface area contributed by atoms with E-state index in [0.717, 1.165) is 61.7 Å². The predicted molar refractivity (Wildman–Crippen MR) is 232 cm³/mol. The standard InChI is InChI=1S/C52H35N3O/c1-32-18-20-35(21-19-32)50-53-51(36-24-22-34(23-25-36)33-10-3-2-4-11-33)55-52(54-50)45-16-9-17-47-49(45)44-29-27-38(31-48(44)56-47)37-26-28-43-41-14-6-5-12-39(41)40-13-7-8-15-42(40)46(43)30-37/h2-18,20-32H,19H2,1H3. The fraction of sp³-hybridized carbons (Fsp3) is 0.0577. The highest BCUT2D eigenvalue weighted by molar-refractivity contribution is 6.25. The van der Waals surface area contributed by atoms with E-state index in [1.54, 1.807) is 0 Å². The topological polar surface area (TPSA) is 51.8 Å². The lowest BCUT2D eigenvalue weighted by Crippen LogP contribution is -2.04. The van der Waals surface area contributed by atoms with Gasteiger partial charge in [0.2, 0.25) is 0 Å². The van der Waals surface area contributed by atoms with Crippen LogP contribution in [-0.2, 0) is 0 Å². The minimum atomic E-state index is 0.481. The van der Waals surface area contributed by atoms with Crippen molar-refractivity contribution in [2.24, 2.45) is 5.92 Å². The summed E-state index contributed by atoms with van der Waals surface area (Å²) in [4.78, 5) is 15.3. The second-order valence-electron chi connectivity index (χ2n) is 14.8. The number of allylic oxidation sites excluding steroid dienone is 4. The molecule has 10 aromatic rings. The van der Waals surface area contributed by atoms with Gasteiger partial charge in [-0.05, 0) is 91.2 Å². The average Bonchev–Trinajstić information content (AvgIpc) is 3.65. The zero-order chi connectivity index (χ0) is 37.2. The summed E-state index contributed by atoms with van der Waals surface area (Å²) in [5.41, 5.74) is 9.06. The van der Waals surface area contributed by atoms with Gasteiger partial charge in [0.1, 0.15) is 11.2 Å². The first-order valence-electron chi connectivity index (χ1n) is 19.2. The van der Waals surface area contributed by atoms with E-state index in [1.165, 1.54) is 37.9 Å². The van der Waals surface area contributed by atoms with Gasteiger partial charge in [-0.2, -0.15) is 0 Å². The van der Waals surface area contributed by atoms with Crippen LogP contribution in [0.2, 0.25) is 0 Å². The Hall–Kier alpha value is -7.17. The molecule has 8 aromatic carbocycles. The molecule has 11 rings (SSSR count). The summed E-state index contributed by atoms with van der Waals surface area (Å²) in [6.07, 6.45) is 7.56. The normalized spacial score (nSPS) is 14.3. The van der Waals surface area contributed by atoms with Gasteiger partial charge < -0.3 is 4.42 Å². The number of rotatable bonds is 5. The van der Waals surface area contributed by atoms with E-state index in [4.69, 9.17) is 19.4 Å². The number of nitrogens with zero attached hydrogens (tertiary/aromatic N) is 3. The number of benzene rings is 8. The molecular weight excluding hydrogens is 683 g/mol. The lowest BCUT2D eigenvalue weighted by Gasteiger charge is -2.13. The van der Waals surface area contributed by atoms with Crippen LogP contribution in [0.5, 0.6) is 0 Å². The molecule has 0 bridgehead atoms. The summed E-state index contributed by atoms with van der Waals surface area (Å²) in [5.74, 6) is 2.41. The SMILES string of the molecule is CC1C=CC(c2nc(-c3ccc(-c4ccccc4)cc3)nc(-c3cccc4oc5cc(-c6ccc7c8ccccc8c8ccccc8c7c6)ccc5c34)n2)=CC1. The molecule has 1 aliphatic carbocycles. The van der Waals surface area contributed by atoms with Gasteiger partial charge in [0, 0.05) is 27.5 Å². The predicted octanol–water partition coefficient (Wildman–Crippen LogP) is 13.9. The molecule has 0 saturated carbocycles. The van der Waals surface area contributed by atoms with Crippen LogP contribution in [0.15, 0.2) is 180 Å². The smallest absolute Gasteiger partial charge is 0.164 e. The first-order valence-corrected chi connectivity index (χ1v) is 19.2. The highest BCUT2D eigenvalue weighted by atomic mass is 16.3. The van der Waals surface area contributed by atoms with Crippen molar-refractivity contribution in [3.63, 3.8) is 0 Å². The highest BCUT2D eigenvalue weighted by Crippen LogP contribution is 2.41. The molecule has 0 aliphatic heterocycles. The van der Waals surface area contributed by atoms with Crippen LogP contribution in [0, 0.1) is 5.92 Å². The summed E-state index contributed by atoms with van der Waals surface area (Å²) in [6, 6.07) is 55.8. The number of fused-ring (bicyclic) bond motifs is 9. The average molecular weight is 718 g/mol. The van der Waals surface area contributed by atoms with Gasteiger partial charge in [0.15, 0.2) is 17.5 Å². The Morgan fingerprint density at radius 3 is 1.73 bits per heavy atom. The van der Waals surface area contributed by atoms with Gasteiger partial charge in [-0.3, -0.25) is 0 Å². The number of furan rings is 1. The third kappa shape index (κ3) is 5.41. The first kappa shape index (κ1) is 32.3. The molecule has 0 fully saturated rings. The molecule has 264 valence electrons. The van der Waals surface area contributed by atoms with Crippen molar-refractivity contribution in [3.05, 3.63) is 182 Å². The number of hydrogen-bond donors (Lipinski definition) is 0. The van der Waals surface area contributed by atoms with Gasteiger partial charge >= 0.3 is 0 Å². The van der Waals surface area contributed by atoms with Gasteiger partial charge in [-0.25, -0.2) is 15.0 Å². The maximum Gasteiger partial charge on any atom is 0.164 e. The molecule has 1 aliphatic rings. The van der Waals surface area contributed by atoms with E-state index < -0.39 is 0 Å². The van der Waals surface area contributed by atoms with Crippen molar-refractivity contribution >= 4 is 59.8 Å². The van der Waals surface area contributed by atoms with E-state index >= 15 is 0 Å². The summed E-state index contributed by atoms with van der Waals surface area (Å²) in [6.45, 7) is 2.22. The van der Waals surface area contributed by atoms with Crippen LogP contribution in [0.3, 0.4) is 0 Å². The van der Waals surface area contributed by atoms with Gasteiger partial charge in [0.25, 0.3) is 0 Å². The molecule has 1 atom stereocenters. The second kappa shape index (κ2) is 13.0. The van der Waals surface area contributed by atoms with Gasteiger partial charge in [0.05, 0.1) is 0 Å². The lowest BCUT2D eigenvalue weighted by atomic mass is 9.92. The molecule has 0 saturated heterocycles. The van der Waals surface area contributed by atoms with E-state index in [2.05, 4.69) is 165 Å². The van der Waals surface area contributed by atoms with Crippen molar-refractivity contribution < 1.29 is 4.42 Å². The second-order valence-corrected chi connectivity index (χ2v) is 14.8. The van der Waals surface area contributed by atoms with Gasteiger partial charge in [-0.15, -0.1) is 0 Å². The fourth-order valence-electron chi connectivity index (χ4n) is 8.37. The Bertz CT molecular complexity index is 3190. The highest BCUT2D eigenvalue weighted by Gasteiger charge is 2.20. The summed E-state index contributed by atoms with van der Waals surface area (Å²) in [5, 5.41) is 9.61. The molecule has 2 heterocycles. The molecule has 4 nitrogen and oxygen atoms in total. The molecule has 0 amide bonds. The Morgan fingerprint density at radius 2 is 1.02 bits per heavy atom.